The fourth-order valence-corrected chi connectivity index (χ4v) is 1.84. The lowest BCUT2D eigenvalue weighted by atomic mass is 10.1. The Morgan fingerprint density at radius 1 is 1.33 bits per heavy atom. The second-order valence-electron chi connectivity index (χ2n) is 4.46. The van der Waals surface area contributed by atoms with Crippen LogP contribution in [0.25, 0.3) is 0 Å². The van der Waals surface area contributed by atoms with E-state index in [-0.39, 0.29) is 0 Å². The summed E-state index contributed by atoms with van der Waals surface area (Å²) in [5, 5.41) is 3.37. The normalized spacial score (nSPS) is 10.6. The van der Waals surface area contributed by atoms with Crippen LogP contribution in [0.15, 0.2) is 30.9 Å². The zero-order chi connectivity index (χ0) is 12.8. The van der Waals surface area contributed by atoms with E-state index in [0.717, 1.165) is 19.0 Å². The van der Waals surface area contributed by atoms with Gasteiger partial charge in [-0.2, -0.15) is 0 Å². The standard InChI is InChI=1S/C14H20N4/c1-3-4-6-16-14-17-8-9-18(14)11-13-5-7-15-10-12(13)2/h5,7-10H,3-4,6,11H2,1-2H3,(H,16,17). The summed E-state index contributed by atoms with van der Waals surface area (Å²) in [7, 11) is 0. The first kappa shape index (κ1) is 12.6. The Hall–Kier alpha value is -1.84. The summed E-state index contributed by atoms with van der Waals surface area (Å²) >= 11 is 0. The predicted octanol–water partition coefficient (Wildman–Crippen LogP) is 2.85. The van der Waals surface area contributed by atoms with E-state index in [1.54, 1.807) is 0 Å². The number of hydrogen-bond donors (Lipinski definition) is 1. The van der Waals surface area contributed by atoms with E-state index < -0.39 is 0 Å². The van der Waals surface area contributed by atoms with Gasteiger partial charge in [-0.15, -0.1) is 0 Å². The molecule has 0 aliphatic rings. The Bertz CT molecular complexity index is 490. The van der Waals surface area contributed by atoms with Crippen LogP contribution < -0.4 is 5.32 Å². The first-order chi connectivity index (χ1) is 8.81. The van der Waals surface area contributed by atoms with Gasteiger partial charge in [0.05, 0.1) is 6.54 Å². The predicted molar refractivity (Wildman–Crippen MR) is 73.7 cm³/mol. The van der Waals surface area contributed by atoms with Gasteiger partial charge in [0.25, 0.3) is 0 Å². The first-order valence-electron chi connectivity index (χ1n) is 6.45. The molecule has 0 fully saturated rings. The van der Waals surface area contributed by atoms with Crippen molar-refractivity contribution >= 4 is 5.95 Å². The van der Waals surface area contributed by atoms with Crippen LogP contribution in [0.3, 0.4) is 0 Å². The second-order valence-corrected chi connectivity index (χ2v) is 4.46. The van der Waals surface area contributed by atoms with Gasteiger partial charge in [0, 0.05) is 31.3 Å². The summed E-state index contributed by atoms with van der Waals surface area (Å²) in [6, 6.07) is 2.06. The van der Waals surface area contributed by atoms with Crippen molar-refractivity contribution in [1.82, 2.24) is 14.5 Å². The van der Waals surface area contributed by atoms with Gasteiger partial charge in [-0.1, -0.05) is 13.3 Å². The zero-order valence-electron chi connectivity index (χ0n) is 11.1. The molecule has 0 aliphatic carbocycles. The third-order valence-electron chi connectivity index (χ3n) is 3.01. The van der Waals surface area contributed by atoms with Crippen LogP contribution in [0.5, 0.6) is 0 Å². The van der Waals surface area contributed by atoms with Crippen molar-refractivity contribution < 1.29 is 0 Å². The van der Waals surface area contributed by atoms with Gasteiger partial charge in [-0.05, 0) is 30.5 Å². The molecule has 2 aromatic heterocycles. The molecule has 18 heavy (non-hydrogen) atoms. The molecule has 4 nitrogen and oxygen atoms in total. The molecule has 0 bridgehead atoms. The summed E-state index contributed by atoms with van der Waals surface area (Å²) in [4.78, 5) is 8.47. The van der Waals surface area contributed by atoms with E-state index in [1.165, 1.54) is 24.0 Å². The van der Waals surface area contributed by atoms with Gasteiger partial charge in [0.1, 0.15) is 0 Å². The minimum Gasteiger partial charge on any atom is -0.356 e. The molecule has 0 atom stereocenters. The van der Waals surface area contributed by atoms with Crippen LogP contribution >= 0.6 is 0 Å². The van der Waals surface area contributed by atoms with Crippen LogP contribution in [-0.4, -0.2) is 21.1 Å². The van der Waals surface area contributed by atoms with Crippen LogP contribution in [0.4, 0.5) is 5.95 Å². The van der Waals surface area contributed by atoms with Crippen LogP contribution in [-0.2, 0) is 6.54 Å². The number of aromatic nitrogens is 3. The van der Waals surface area contributed by atoms with E-state index >= 15 is 0 Å². The SMILES string of the molecule is CCCCNc1nccn1Cc1ccncc1C. The fourth-order valence-electron chi connectivity index (χ4n) is 1.84. The highest BCUT2D eigenvalue weighted by atomic mass is 15.2. The highest BCUT2D eigenvalue weighted by Gasteiger charge is 2.04. The number of pyridine rings is 1. The van der Waals surface area contributed by atoms with Crippen LogP contribution in [0, 0.1) is 6.92 Å². The lowest BCUT2D eigenvalue weighted by Gasteiger charge is -2.11. The van der Waals surface area contributed by atoms with E-state index in [4.69, 9.17) is 0 Å². The summed E-state index contributed by atoms with van der Waals surface area (Å²) in [5.74, 6) is 0.944. The summed E-state index contributed by atoms with van der Waals surface area (Å²) < 4.78 is 2.14. The Morgan fingerprint density at radius 2 is 2.22 bits per heavy atom. The molecular formula is C14H20N4. The molecule has 0 aliphatic heterocycles. The number of unbranched alkanes of at least 4 members (excludes halogenated alkanes) is 1. The molecule has 0 saturated carbocycles. The van der Waals surface area contributed by atoms with Gasteiger partial charge in [0.15, 0.2) is 0 Å². The highest BCUT2D eigenvalue weighted by molar-refractivity contribution is 5.29. The number of hydrogen-bond acceptors (Lipinski definition) is 3. The molecule has 0 saturated heterocycles. The van der Waals surface area contributed by atoms with Crippen molar-refractivity contribution in [1.29, 1.82) is 0 Å². The molecular weight excluding hydrogens is 224 g/mol. The summed E-state index contributed by atoms with van der Waals surface area (Å²) in [6.07, 6.45) is 9.94. The molecule has 2 rings (SSSR count). The van der Waals surface area contributed by atoms with Crippen molar-refractivity contribution in [3.63, 3.8) is 0 Å². The maximum atomic E-state index is 4.35. The topological polar surface area (TPSA) is 42.7 Å². The number of imidazole rings is 1. The van der Waals surface area contributed by atoms with Crippen molar-refractivity contribution in [3.8, 4) is 0 Å². The second kappa shape index (κ2) is 6.19. The van der Waals surface area contributed by atoms with E-state index in [1.807, 2.05) is 24.8 Å². The summed E-state index contributed by atoms with van der Waals surface area (Å²) in [6.45, 7) is 6.09. The molecule has 0 radical (unpaired) electrons. The van der Waals surface area contributed by atoms with E-state index in [2.05, 4.69) is 39.8 Å². The molecule has 0 spiro atoms. The smallest absolute Gasteiger partial charge is 0.203 e. The number of nitrogens with zero attached hydrogens (tertiary/aromatic N) is 3. The quantitative estimate of drug-likeness (QED) is 0.795. The minimum atomic E-state index is 0.836. The molecule has 2 aromatic rings. The lowest BCUT2D eigenvalue weighted by molar-refractivity contribution is 0.771. The maximum absolute atomic E-state index is 4.35. The fraction of sp³-hybridized carbons (Fsp3) is 0.429. The largest absolute Gasteiger partial charge is 0.356 e. The first-order valence-corrected chi connectivity index (χ1v) is 6.45. The Morgan fingerprint density at radius 3 is 3.00 bits per heavy atom. The van der Waals surface area contributed by atoms with Crippen molar-refractivity contribution in [2.75, 3.05) is 11.9 Å². The minimum absolute atomic E-state index is 0.836. The Kier molecular flexibility index (Phi) is 4.34. The monoisotopic (exact) mass is 244 g/mol. The van der Waals surface area contributed by atoms with Crippen molar-refractivity contribution in [2.24, 2.45) is 0 Å². The molecule has 1 N–H and O–H groups in total. The van der Waals surface area contributed by atoms with E-state index in [9.17, 15) is 0 Å². The van der Waals surface area contributed by atoms with Gasteiger partial charge >= 0.3 is 0 Å². The zero-order valence-corrected chi connectivity index (χ0v) is 11.1. The third-order valence-corrected chi connectivity index (χ3v) is 3.01. The average Bonchev–Trinajstić information content (AvgIpc) is 2.80. The highest BCUT2D eigenvalue weighted by Crippen LogP contribution is 2.12. The number of rotatable bonds is 6. The van der Waals surface area contributed by atoms with Crippen molar-refractivity contribution in [3.05, 3.63) is 42.0 Å². The summed E-state index contributed by atoms with van der Waals surface area (Å²) in [5.41, 5.74) is 2.49. The van der Waals surface area contributed by atoms with Crippen LogP contribution in [0.1, 0.15) is 30.9 Å². The van der Waals surface area contributed by atoms with Crippen molar-refractivity contribution in [2.45, 2.75) is 33.2 Å². The maximum Gasteiger partial charge on any atom is 0.203 e. The molecule has 0 unspecified atom stereocenters. The van der Waals surface area contributed by atoms with Gasteiger partial charge in [-0.3, -0.25) is 4.98 Å². The molecule has 96 valence electrons. The molecule has 0 amide bonds. The number of anilines is 1. The van der Waals surface area contributed by atoms with E-state index in [0.29, 0.717) is 0 Å². The lowest BCUT2D eigenvalue weighted by Crippen LogP contribution is -2.09. The average molecular weight is 244 g/mol. The van der Waals surface area contributed by atoms with Gasteiger partial charge < -0.3 is 9.88 Å². The van der Waals surface area contributed by atoms with Gasteiger partial charge in [0.2, 0.25) is 5.95 Å². The van der Waals surface area contributed by atoms with Gasteiger partial charge in [-0.25, -0.2) is 4.98 Å². The Balaban J connectivity index is 2.05. The third kappa shape index (κ3) is 3.09. The number of nitrogens with one attached hydrogen (secondary N) is 1. The Labute approximate surface area is 108 Å². The molecule has 4 heteroatoms. The molecule has 2 heterocycles. The molecule has 0 aromatic carbocycles. The number of aryl methyl sites for hydroxylation is 1. The van der Waals surface area contributed by atoms with Crippen LogP contribution in [0.2, 0.25) is 0 Å².